The highest BCUT2D eigenvalue weighted by Crippen LogP contribution is 2.04. The number of guanidine groups is 1. The fourth-order valence-corrected chi connectivity index (χ4v) is 2.84. The molecule has 1 fully saturated rings. The normalized spacial score (nSPS) is 16.2. The topological polar surface area (TPSA) is 48.9 Å². The zero-order chi connectivity index (χ0) is 17.0. The molecule has 0 bridgehead atoms. The molecule has 1 aromatic carbocycles. The van der Waals surface area contributed by atoms with E-state index in [1.165, 1.54) is 11.1 Å². The maximum atomic E-state index is 5.38. The number of aliphatic imine (C=N–C) groups is 1. The number of rotatable bonds is 8. The second-order valence-corrected chi connectivity index (χ2v) is 6.23. The molecule has 2 N–H and O–H groups in total. The van der Waals surface area contributed by atoms with Gasteiger partial charge in [0.2, 0.25) is 0 Å². The lowest BCUT2D eigenvalue weighted by Crippen LogP contribution is -2.39. The molecule has 24 heavy (non-hydrogen) atoms. The molecule has 0 saturated carbocycles. The van der Waals surface area contributed by atoms with Gasteiger partial charge < -0.3 is 15.4 Å². The van der Waals surface area contributed by atoms with Crippen LogP contribution in [0.1, 0.15) is 24.5 Å². The van der Waals surface area contributed by atoms with Gasteiger partial charge in [0.15, 0.2) is 5.96 Å². The highest BCUT2D eigenvalue weighted by Gasteiger charge is 2.08. The van der Waals surface area contributed by atoms with E-state index in [1.54, 1.807) is 0 Å². The van der Waals surface area contributed by atoms with Crippen LogP contribution in [-0.4, -0.2) is 63.3 Å². The Balaban J connectivity index is 1.67. The smallest absolute Gasteiger partial charge is 0.191 e. The predicted octanol–water partition coefficient (Wildman–Crippen LogP) is 1.81. The molecule has 0 amide bonds. The minimum absolute atomic E-state index is 0.858. The first kappa shape index (κ1) is 18.7. The van der Waals surface area contributed by atoms with Crippen molar-refractivity contribution >= 4 is 5.96 Å². The lowest BCUT2D eigenvalue weighted by molar-refractivity contribution is 0.0377. The predicted molar refractivity (Wildman–Crippen MR) is 101 cm³/mol. The maximum Gasteiger partial charge on any atom is 0.191 e. The number of benzene rings is 1. The summed E-state index contributed by atoms with van der Waals surface area (Å²) in [5, 5.41) is 6.76. The van der Waals surface area contributed by atoms with E-state index in [0.717, 1.165) is 71.3 Å². The van der Waals surface area contributed by atoms with Crippen LogP contribution < -0.4 is 10.6 Å². The highest BCUT2D eigenvalue weighted by molar-refractivity contribution is 5.79. The molecule has 1 aromatic rings. The molecule has 0 spiro atoms. The maximum absolute atomic E-state index is 5.38. The van der Waals surface area contributed by atoms with Crippen LogP contribution in [0, 0.1) is 6.92 Å². The molecule has 0 aliphatic carbocycles. The van der Waals surface area contributed by atoms with E-state index < -0.39 is 0 Å². The Kier molecular flexibility index (Phi) is 8.63. The first-order chi connectivity index (χ1) is 11.8. The summed E-state index contributed by atoms with van der Waals surface area (Å²) in [6.07, 6.45) is 2.11. The van der Waals surface area contributed by atoms with Gasteiger partial charge in [-0.1, -0.05) is 29.8 Å². The molecule has 2 rings (SSSR count). The third-order valence-corrected chi connectivity index (χ3v) is 4.14. The number of hydrogen-bond donors (Lipinski definition) is 2. The monoisotopic (exact) mass is 332 g/mol. The zero-order valence-corrected chi connectivity index (χ0v) is 15.2. The van der Waals surface area contributed by atoms with Crippen molar-refractivity contribution in [3.63, 3.8) is 0 Å². The van der Waals surface area contributed by atoms with Crippen molar-refractivity contribution in [1.29, 1.82) is 0 Å². The second kappa shape index (κ2) is 11.0. The van der Waals surface area contributed by atoms with Crippen LogP contribution in [0.3, 0.4) is 0 Å². The summed E-state index contributed by atoms with van der Waals surface area (Å²) >= 11 is 0. The summed E-state index contributed by atoms with van der Waals surface area (Å²) in [7, 11) is 0. The van der Waals surface area contributed by atoms with Crippen LogP contribution in [0.4, 0.5) is 0 Å². The van der Waals surface area contributed by atoms with E-state index in [4.69, 9.17) is 4.74 Å². The average Bonchev–Trinajstić information content (AvgIpc) is 2.59. The van der Waals surface area contributed by atoms with Gasteiger partial charge in [0.1, 0.15) is 0 Å². The van der Waals surface area contributed by atoms with Crippen molar-refractivity contribution in [2.24, 2.45) is 4.99 Å². The third kappa shape index (κ3) is 7.32. The summed E-state index contributed by atoms with van der Waals surface area (Å²) in [6.45, 7) is 11.8. The van der Waals surface area contributed by atoms with E-state index in [1.807, 2.05) is 0 Å². The quantitative estimate of drug-likeness (QED) is 0.433. The van der Waals surface area contributed by atoms with Crippen molar-refractivity contribution in [2.45, 2.75) is 26.7 Å². The van der Waals surface area contributed by atoms with Gasteiger partial charge in [-0.25, -0.2) is 0 Å². The Hall–Kier alpha value is -1.59. The van der Waals surface area contributed by atoms with E-state index in [0.29, 0.717) is 0 Å². The van der Waals surface area contributed by atoms with Crippen molar-refractivity contribution < 1.29 is 4.74 Å². The van der Waals surface area contributed by atoms with Crippen LogP contribution in [0.25, 0.3) is 0 Å². The Morgan fingerprint density at radius 2 is 2.08 bits per heavy atom. The molecule has 1 aliphatic rings. The molecule has 0 aromatic heterocycles. The Labute approximate surface area is 146 Å². The molecule has 5 nitrogen and oxygen atoms in total. The van der Waals surface area contributed by atoms with Crippen molar-refractivity contribution in [3.05, 3.63) is 35.4 Å². The summed E-state index contributed by atoms with van der Waals surface area (Å²) in [6, 6.07) is 8.68. The van der Waals surface area contributed by atoms with Crippen molar-refractivity contribution in [1.82, 2.24) is 15.5 Å². The molecule has 1 saturated heterocycles. The standard InChI is InChI=1S/C19H32N4O/c1-3-20-19(21-9-5-11-23-12-14-24-15-13-23)22-10-8-18-7-4-6-17(2)16-18/h4,6-7,16H,3,5,8-15H2,1-2H3,(H2,20,21,22). The molecule has 134 valence electrons. The van der Waals surface area contributed by atoms with Crippen LogP contribution in [0.15, 0.2) is 29.3 Å². The summed E-state index contributed by atoms with van der Waals surface area (Å²) in [5.41, 5.74) is 2.68. The number of morpholine rings is 1. The minimum atomic E-state index is 0.858. The molecule has 5 heteroatoms. The molecular weight excluding hydrogens is 300 g/mol. The number of ether oxygens (including phenoxy) is 1. The summed E-state index contributed by atoms with van der Waals surface area (Å²) in [4.78, 5) is 7.14. The Bertz CT molecular complexity index is 498. The lowest BCUT2D eigenvalue weighted by Gasteiger charge is -2.26. The van der Waals surface area contributed by atoms with Gasteiger partial charge in [0.05, 0.1) is 13.2 Å². The van der Waals surface area contributed by atoms with Crippen molar-refractivity contribution in [3.8, 4) is 0 Å². The number of nitrogens with zero attached hydrogens (tertiary/aromatic N) is 2. The van der Waals surface area contributed by atoms with Gasteiger partial charge in [-0.05, 0) is 32.3 Å². The van der Waals surface area contributed by atoms with E-state index in [2.05, 4.69) is 58.6 Å². The molecule has 0 unspecified atom stereocenters. The lowest BCUT2D eigenvalue weighted by atomic mass is 10.1. The molecule has 1 aliphatic heterocycles. The van der Waals surface area contributed by atoms with Gasteiger partial charge >= 0.3 is 0 Å². The average molecular weight is 332 g/mol. The fourth-order valence-electron chi connectivity index (χ4n) is 2.84. The number of nitrogens with one attached hydrogen (secondary N) is 2. The van der Waals surface area contributed by atoms with Gasteiger partial charge in [0, 0.05) is 39.3 Å². The van der Waals surface area contributed by atoms with Crippen LogP contribution in [0.5, 0.6) is 0 Å². The Morgan fingerprint density at radius 3 is 2.83 bits per heavy atom. The van der Waals surface area contributed by atoms with Crippen molar-refractivity contribution in [2.75, 3.05) is 52.5 Å². The zero-order valence-electron chi connectivity index (χ0n) is 15.2. The third-order valence-electron chi connectivity index (χ3n) is 4.14. The number of hydrogen-bond acceptors (Lipinski definition) is 3. The second-order valence-electron chi connectivity index (χ2n) is 6.23. The molecular formula is C19H32N4O. The van der Waals surface area contributed by atoms with Gasteiger partial charge in [-0.15, -0.1) is 0 Å². The fraction of sp³-hybridized carbons (Fsp3) is 0.632. The summed E-state index contributed by atoms with van der Waals surface area (Å²) < 4.78 is 5.38. The van der Waals surface area contributed by atoms with Gasteiger partial charge in [0.25, 0.3) is 0 Å². The first-order valence-electron chi connectivity index (χ1n) is 9.16. The minimum Gasteiger partial charge on any atom is -0.379 e. The largest absolute Gasteiger partial charge is 0.379 e. The highest BCUT2D eigenvalue weighted by atomic mass is 16.5. The molecule has 0 atom stereocenters. The first-order valence-corrected chi connectivity index (χ1v) is 9.16. The van der Waals surface area contributed by atoms with E-state index >= 15 is 0 Å². The van der Waals surface area contributed by atoms with Crippen LogP contribution in [-0.2, 0) is 11.2 Å². The van der Waals surface area contributed by atoms with E-state index in [-0.39, 0.29) is 0 Å². The van der Waals surface area contributed by atoms with Crippen LogP contribution >= 0.6 is 0 Å². The SMILES string of the molecule is CCNC(=NCCCN1CCOCC1)NCCc1cccc(C)c1. The number of aryl methyl sites for hydroxylation is 1. The van der Waals surface area contributed by atoms with E-state index in [9.17, 15) is 0 Å². The molecule has 0 radical (unpaired) electrons. The molecule has 1 heterocycles. The summed E-state index contributed by atoms with van der Waals surface area (Å²) in [5.74, 6) is 0.923. The van der Waals surface area contributed by atoms with Gasteiger partial charge in [-0.2, -0.15) is 0 Å². The Morgan fingerprint density at radius 1 is 1.25 bits per heavy atom. The van der Waals surface area contributed by atoms with Crippen LogP contribution in [0.2, 0.25) is 0 Å². The van der Waals surface area contributed by atoms with Gasteiger partial charge in [-0.3, -0.25) is 9.89 Å².